The van der Waals surface area contributed by atoms with Crippen LogP contribution in [-0.2, 0) is 6.42 Å². The fraction of sp³-hybridized carbons (Fsp3) is 0.556. The van der Waals surface area contributed by atoms with E-state index in [-0.39, 0.29) is 0 Å². The van der Waals surface area contributed by atoms with Gasteiger partial charge in [-0.3, -0.25) is 0 Å². The summed E-state index contributed by atoms with van der Waals surface area (Å²) >= 11 is 0. The summed E-state index contributed by atoms with van der Waals surface area (Å²) in [6, 6.07) is 11.4. The highest BCUT2D eigenvalue weighted by atomic mass is 14.9. The van der Waals surface area contributed by atoms with Crippen molar-refractivity contribution in [1.29, 1.82) is 0 Å². The van der Waals surface area contributed by atoms with Gasteiger partial charge in [-0.2, -0.15) is 0 Å². The molecule has 0 bridgehead atoms. The third-order valence-electron chi connectivity index (χ3n) is 4.03. The molecule has 1 N–H and O–H groups in total. The molecule has 19 heavy (non-hydrogen) atoms. The summed E-state index contributed by atoms with van der Waals surface area (Å²) in [5.41, 5.74) is 3.13. The first-order valence-corrected chi connectivity index (χ1v) is 7.80. The molecular weight excluding hydrogens is 230 g/mol. The molecular formula is C18H27N. The zero-order valence-corrected chi connectivity index (χ0v) is 12.2. The molecule has 1 aliphatic rings. The van der Waals surface area contributed by atoms with Crippen LogP contribution >= 0.6 is 0 Å². The molecule has 0 radical (unpaired) electrons. The van der Waals surface area contributed by atoms with E-state index in [2.05, 4.69) is 48.6 Å². The highest BCUT2D eigenvalue weighted by molar-refractivity contribution is 5.14. The molecule has 0 saturated heterocycles. The van der Waals surface area contributed by atoms with Crippen LogP contribution in [0.5, 0.6) is 0 Å². The van der Waals surface area contributed by atoms with Crippen molar-refractivity contribution in [3.8, 4) is 0 Å². The van der Waals surface area contributed by atoms with Crippen LogP contribution < -0.4 is 5.32 Å². The lowest BCUT2D eigenvalue weighted by atomic mass is 9.97. The molecule has 0 spiro atoms. The average Bonchev–Trinajstić information content (AvgIpc) is 2.47. The number of hydrogen-bond donors (Lipinski definition) is 1. The Morgan fingerprint density at radius 2 is 1.95 bits per heavy atom. The zero-order valence-electron chi connectivity index (χ0n) is 12.2. The minimum Gasteiger partial charge on any atom is -0.314 e. The monoisotopic (exact) mass is 257 g/mol. The molecule has 0 amide bonds. The quantitative estimate of drug-likeness (QED) is 0.710. The maximum absolute atomic E-state index is 3.66. The molecule has 1 unspecified atom stereocenters. The molecule has 0 aliphatic heterocycles. The number of rotatable bonds is 7. The third kappa shape index (κ3) is 5.61. The Hall–Kier alpha value is -1.08. The van der Waals surface area contributed by atoms with Crippen LogP contribution in [0.3, 0.4) is 0 Å². The minimum atomic E-state index is 0.615. The number of nitrogens with one attached hydrogen (secondary N) is 1. The second-order valence-electron chi connectivity index (χ2n) is 5.74. The van der Waals surface area contributed by atoms with E-state index in [0.29, 0.717) is 6.04 Å². The number of aryl methyl sites for hydroxylation is 1. The van der Waals surface area contributed by atoms with Crippen molar-refractivity contribution in [1.82, 2.24) is 5.32 Å². The molecule has 0 fully saturated rings. The van der Waals surface area contributed by atoms with Crippen LogP contribution in [0.2, 0.25) is 0 Å². The molecule has 2 rings (SSSR count). The highest BCUT2D eigenvalue weighted by Crippen LogP contribution is 2.19. The van der Waals surface area contributed by atoms with Crippen molar-refractivity contribution < 1.29 is 0 Å². The predicted octanol–water partition coefficient (Wildman–Crippen LogP) is 4.49. The van der Waals surface area contributed by atoms with Gasteiger partial charge in [0.2, 0.25) is 0 Å². The van der Waals surface area contributed by atoms with Crippen LogP contribution in [0.15, 0.2) is 42.0 Å². The Bertz CT molecular complexity index is 380. The van der Waals surface area contributed by atoms with Gasteiger partial charge in [-0.25, -0.2) is 0 Å². The normalized spacial score (nSPS) is 17.0. The van der Waals surface area contributed by atoms with Gasteiger partial charge < -0.3 is 5.32 Å². The summed E-state index contributed by atoms with van der Waals surface area (Å²) < 4.78 is 0. The molecule has 0 heterocycles. The van der Waals surface area contributed by atoms with E-state index in [0.717, 1.165) is 6.54 Å². The first kappa shape index (κ1) is 14.3. The number of allylic oxidation sites excluding steroid dienone is 1. The highest BCUT2D eigenvalue weighted by Gasteiger charge is 2.05. The van der Waals surface area contributed by atoms with E-state index in [1.165, 1.54) is 50.5 Å². The fourth-order valence-electron chi connectivity index (χ4n) is 2.74. The van der Waals surface area contributed by atoms with Crippen molar-refractivity contribution >= 4 is 0 Å². The number of benzene rings is 1. The number of hydrogen-bond acceptors (Lipinski definition) is 1. The van der Waals surface area contributed by atoms with Gasteiger partial charge in [0.1, 0.15) is 0 Å². The van der Waals surface area contributed by atoms with Crippen molar-refractivity contribution in [3.05, 3.63) is 47.5 Å². The summed E-state index contributed by atoms with van der Waals surface area (Å²) in [6.07, 6.45) is 11.5. The van der Waals surface area contributed by atoms with Crippen LogP contribution in [-0.4, -0.2) is 12.6 Å². The molecule has 1 aromatic carbocycles. The molecule has 1 nitrogen and oxygen atoms in total. The van der Waals surface area contributed by atoms with Crippen LogP contribution in [0.4, 0.5) is 0 Å². The summed E-state index contributed by atoms with van der Waals surface area (Å²) in [4.78, 5) is 0. The van der Waals surface area contributed by atoms with Gasteiger partial charge in [-0.1, -0.05) is 42.0 Å². The Balaban J connectivity index is 1.59. The van der Waals surface area contributed by atoms with Crippen LogP contribution in [0, 0.1) is 0 Å². The molecule has 104 valence electrons. The van der Waals surface area contributed by atoms with Crippen molar-refractivity contribution in [2.24, 2.45) is 0 Å². The topological polar surface area (TPSA) is 12.0 Å². The summed E-state index contributed by atoms with van der Waals surface area (Å²) in [6.45, 7) is 3.44. The maximum Gasteiger partial charge on any atom is 0.00420 e. The van der Waals surface area contributed by atoms with Crippen molar-refractivity contribution in [2.45, 2.75) is 57.9 Å². The van der Waals surface area contributed by atoms with Gasteiger partial charge in [0.15, 0.2) is 0 Å². The Morgan fingerprint density at radius 3 is 2.68 bits per heavy atom. The molecule has 1 aromatic rings. The van der Waals surface area contributed by atoms with Crippen molar-refractivity contribution in [3.63, 3.8) is 0 Å². The molecule has 1 heteroatoms. The lowest BCUT2D eigenvalue weighted by Crippen LogP contribution is -2.27. The summed E-state index contributed by atoms with van der Waals surface area (Å²) in [5, 5.41) is 3.66. The molecule has 0 saturated carbocycles. The summed E-state index contributed by atoms with van der Waals surface area (Å²) in [5.74, 6) is 0. The second kappa shape index (κ2) is 8.16. The van der Waals surface area contributed by atoms with E-state index in [1.807, 2.05) is 0 Å². The van der Waals surface area contributed by atoms with Crippen molar-refractivity contribution in [2.75, 3.05) is 6.54 Å². The van der Waals surface area contributed by atoms with Gasteiger partial charge in [-0.15, -0.1) is 0 Å². The van der Waals surface area contributed by atoms with Gasteiger partial charge >= 0.3 is 0 Å². The largest absolute Gasteiger partial charge is 0.314 e. The van der Waals surface area contributed by atoms with E-state index in [1.54, 1.807) is 5.57 Å². The third-order valence-corrected chi connectivity index (χ3v) is 4.03. The van der Waals surface area contributed by atoms with E-state index in [4.69, 9.17) is 0 Å². The molecule has 0 aromatic heterocycles. The molecule has 1 atom stereocenters. The lowest BCUT2D eigenvalue weighted by Gasteiger charge is -2.16. The van der Waals surface area contributed by atoms with E-state index >= 15 is 0 Å². The van der Waals surface area contributed by atoms with Gasteiger partial charge in [0.25, 0.3) is 0 Å². The Morgan fingerprint density at radius 1 is 1.11 bits per heavy atom. The SMILES string of the molecule is CC(CCc1ccccc1)NCCC1=CCCCC1. The minimum absolute atomic E-state index is 0.615. The van der Waals surface area contributed by atoms with Crippen LogP contribution in [0.25, 0.3) is 0 Å². The second-order valence-corrected chi connectivity index (χ2v) is 5.74. The maximum atomic E-state index is 3.66. The van der Waals surface area contributed by atoms with Crippen LogP contribution in [0.1, 0.15) is 51.0 Å². The summed E-state index contributed by atoms with van der Waals surface area (Å²) in [7, 11) is 0. The zero-order chi connectivity index (χ0) is 13.3. The fourth-order valence-corrected chi connectivity index (χ4v) is 2.74. The van der Waals surface area contributed by atoms with Gasteiger partial charge in [0, 0.05) is 6.04 Å². The smallest absolute Gasteiger partial charge is 0.00420 e. The lowest BCUT2D eigenvalue weighted by molar-refractivity contribution is 0.511. The molecule has 1 aliphatic carbocycles. The van der Waals surface area contributed by atoms with Gasteiger partial charge in [0.05, 0.1) is 0 Å². The van der Waals surface area contributed by atoms with E-state index in [9.17, 15) is 0 Å². The standard InChI is InChI=1S/C18H27N/c1-16(12-13-17-8-4-2-5-9-17)19-15-14-18-10-6-3-7-11-18/h2,4-5,8-10,16,19H,3,6-7,11-15H2,1H3. The Labute approximate surface area is 118 Å². The van der Waals surface area contributed by atoms with E-state index < -0.39 is 0 Å². The predicted molar refractivity (Wildman–Crippen MR) is 83.4 cm³/mol. The first-order valence-electron chi connectivity index (χ1n) is 7.80. The van der Waals surface area contributed by atoms with Gasteiger partial charge in [-0.05, 0) is 64.0 Å². The Kier molecular flexibility index (Phi) is 6.16. The average molecular weight is 257 g/mol. The first-order chi connectivity index (χ1) is 9.34.